The summed E-state index contributed by atoms with van der Waals surface area (Å²) < 4.78 is 3.44. The number of benzene rings is 1. The van der Waals surface area contributed by atoms with Crippen LogP contribution in [0.5, 0.6) is 0 Å². The van der Waals surface area contributed by atoms with E-state index in [0.717, 1.165) is 22.6 Å². The van der Waals surface area contributed by atoms with Gasteiger partial charge >= 0.3 is 0 Å². The third-order valence-electron chi connectivity index (χ3n) is 4.16. The first-order chi connectivity index (χ1) is 12.5. The summed E-state index contributed by atoms with van der Waals surface area (Å²) >= 11 is 0. The number of carbonyl (C=O) groups is 1. The molecule has 7 nitrogen and oxygen atoms in total. The predicted octanol–water partition coefficient (Wildman–Crippen LogP) is 2.30. The van der Waals surface area contributed by atoms with Crippen molar-refractivity contribution in [1.29, 1.82) is 0 Å². The number of anilines is 1. The SMILES string of the molecule is Cc1cc(C2=NN(c3ccccc3)C(=O)C2=Cc2cnn(C)c2)n(C)n1. The summed E-state index contributed by atoms with van der Waals surface area (Å²) in [4.78, 5) is 13.1. The zero-order valence-corrected chi connectivity index (χ0v) is 14.8. The smallest absolute Gasteiger partial charge is 0.275 e. The fourth-order valence-electron chi connectivity index (χ4n) is 2.99. The molecule has 1 amide bonds. The minimum Gasteiger partial charge on any atom is -0.275 e. The van der Waals surface area contributed by atoms with Crippen molar-refractivity contribution >= 4 is 23.4 Å². The summed E-state index contributed by atoms with van der Waals surface area (Å²) in [6, 6.07) is 11.3. The van der Waals surface area contributed by atoms with Crippen molar-refractivity contribution in [3.8, 4) is 0 Å². The lowest BCUT2D eigenvalue weighted by Crippen LogP contribution is -2.21. The summed E-state index contributed by atoms with van der Waals surface area (Å²) in [6.07, 6.45) is 5.40. The number of para-hydroxylation sites is 1. The van der Waals surface area contributed by atoms with E-state index in [0.29, 0.717) is 11.3 Å². The molecular formula is C19H18N6O. The van der Waals surface area contributed by atoms with Gasteiger partial charge in [0.1, 0.15) is 5.71 Å². The number of amides is 1. The Balaban J connectivity index is 1.86. The summed E-state index contributed by atoms with van der Waals surface area (Å²) in [5, 5.41) is 14.6. The maximum atomic E-state index is 13.1. The summed E-state index contributed by atoms with van der Waals surface area (Å²) in [6.45, 7) is 1.92. The van der Waals surface area contributed by atoms with E-state index in [9.17, 15) is 4.79 Å². The molecule has 0 saturated heterocycles. The van der Waals surface area contributed by atoms with Crippen molar-refractivity contribution in [2.75, 3.05) is 5.01 Å². The number of aryl methyl sites for hydroxylation is 3. The quantitative estimate of drug-likeness (QED) is 0.683. The summed E-state index contributed by atoms with van der Waals surface area (Å²) in [7, 11) is 3.69. The third kappa shape index (κ3) is 2.73. The van der Waals surface area contributed by atoms with E-state index < -0.39 is 0 Å². The van der Waals surface area contributed by atoms with Gasteiger partial charge in [0.05, 0.1) is 28.8 Å². The van der Waals surface area contributed by atoms with Crippen LogP contribution in [-0.4, -0.2) is 31.2 Å². The lowest BCUT2D eigenvalue weighted by molar-refractivity contribution is -0.114. The maximum absolute atomic E-state index is 13.1. The molecule has 0 bridgehead atoms. The van der Waals surface area contributed by atoms with Gasteiger partial charge in [-0.15, -0.1) is 0 Å². The van der Waals surface area contributed by atoms with Gasteiger partial charge in [-0.05, 0) is 31.2 Å². The van der Waals surface area contributed by atoms with Gasteiger partial charge in [-0.3, -0.25) is 14.2 Å². The van der Waals surface area contributed by atoms with Crippen molar-refractivity contribution in [3.05, 3.63) is 71.3 Å². The molecule has 0 N–H and O–H groups in total. The zero-order valence-electron chi connectivity index (χ0n) is 14.8. The Labute approximate surface area is 150 Å². The van der Waals surface area contributed by atoms with Crippen LogP contribution in [0.3, 0.4) is 0 Å². The Bertz CT molecular complexity index is 1040. The molecule has 130 valence electrons. The maximum Gasteiger partial charge on any atom is 0.281 e. The molecule has 0 spiro atoms. The Morgan fingerprint density at radius 2 is 1.88 bits per heavy atom. The molecular weight excluding hydrogens is 328 g/mol. The van der Waals surface area contributed by atoms with E-state index >= 15 is 0 Å². The number of hydrogen-bond donors (Lipinski definition) is 0. The highest BCUT2D eigenvalue weighted by Crippen LogP contribution is 2.27. The molecule has 2 aromatic heterocycles. The minimum atomic E-state index is -0.172. The van der Waals surface area contributed by atoms with Crippen LogP contribution in [0.4, 0.5) is 5.69 Å². The normalized spacial score (nSPS) is 15.8. The first-order valence-electron chi connectivity index (χ1n) is 8.23. The van der Waals surface area contributed by atoms with Crippen molar-refractivity contribution in [2.45, 2.75) is 6.92 Å². The number of nitrogens with zero attached hydrogens (tertiary/aromatic N) is 6. The zero-order chi connectivity index (χ0) is 18.3. The van der Waals surface area contributed by atoms with Crippen LogP contribution < -0.4 is 5.01 Å². The second-order valence-electron chi connectivity index (χ2n) is 6.20. The van der Waals surface area contributed by atoms with Crippen LogP contribution >= 0.6 is 0 Å². The topological polar surface area (TPSA) is 68.3 Å². The van der Waals surface area contributed by atoms with Crippen LogP contribution in [0.25, 0.3) is 6.08 Å². The number of rotatable bonds is 3. The molecule has 26 heavy (non-hydrogen) atoms. The lowest BCUT2D eigenvalue weighted by atomic mass is 10.1. The molecule has 4 rings (SSSR count). The van der Waals surface area contributed by atoms with E-state index in [1.807, 2.05) is 69.7 Å². The summed E-state index contributed by atoms with van der Waals surface area (Å²) in [5.41, 5.74) is 4.36. The van der Waals surface area contributed by atoms with Crippen molar-refractivity contribution in [3.63, 3.8) is 0 Å². The van der Waals surface area contributed by atoms with E-state index in [-0.39, 0.29) is 5.91 Å². The molecule has 0 radical (unpaired) electrons. The second kappa shape index (κ2) is 6.11. The molecule has 0 aliphatic carbocycles. The number of carbonyl (C=O) groups excluding carboxylic acids is 1. The average Bonchev–Trinajstić information content (AvgIpc) is 3.28. The van der Waals surface area contributed by atoms with Crippen LogP contribution in [0.15, 0.2) is 59.5 Å². The molecule has 3 aromatic rings. The fourth-order valence-corrected chi connectivity index (χ4v) is 2.99. The van der Waals surface area contributed by atoms with E-state index in [1.54, 1.807) is 15.6 Å². The first-order valence-corrected chi connectivity index (χ1v) is 8.23. The molecule has 1 aromatic carbocycles. The van der Waals surface area contributed by atoms with Crippen molar-refractivity contribution < 1.29 is 4.79 Å². The van der Waals surface area contributed by atoms with E-state index in [2.05, 4.69) is 15.3 Å². The molecule has 1 aliphatic heterocycles. The monoisotopic (exact) mass is 346 g/mol. The van der Waals surface area contributed by atoms with Gasteiger partial charge in [0.15, 0.2) is 0 Å². The predicted molar refractivity (Wildman–Crippen MR) is 99.6 cm³/mol. The van der Waals surface area contributed by atoms with Gasteiger partial charge in [0, 0.05) is 25.9 Å². The molecule has 7 heteroatoms. The molecule has 0 fully saturated rings. The van der Waals surface area contributed by atoms with Gasteiger partial charge < -0.3 is 0 Å². The van der Waals surface area contributed by atoms with Gasteiger partial charge in [0.2, 0.25) is 0 Å². The summed E-state index contributed by atoms with van der Waals surface area (Å²) in [5.74, 6) is -0.172. The average molecular weight is 346 g/mol. The Hall–Kier alpha value is -3.48. The molecule has 0 unspecified atom stereocenters. The minimum absolute atomic E-state index is 0.172. The van der Waals surface area contributed by atoms with E-state index in [4.69, 9.17) is 0 Å². The van der Waals surface area contributed by atoms with Gasteiger partial charge in [-0.1, -0.05) is 18.2 Å². The number of hydrazone groups is 1. The number of aromatic nitrogens is 4. The second-order valence-corrected chi connectivity index (χ2v) is 6.20. The van der Waals surface area contributed by atoms with Gasteiger partial charge in [0.25, 0.3) is 5.91 Å². The van der Waals surface area contributed by atoms with Crippen LogP contribution in [-0.2, 0) is 18.9 Å². The first kappa shape index (κ1) is 16.0. The standard InChI is InChI=1S/C19H18N6O/c1-13-9-17(24(3)21-13)18-16(10-14-11-20-23(2)12-14)19(26)25(22-18)15-7-5-4-6-8-15/h4-12H,1-3H3. The highest BCUT2D eigenvalue weighted by Gasteiger charge is 2.33. The van der Waals surface area contributed by atoms with Gasteiger partial charge in [-0.2, -0.15) is 20.3 Å². The van der Waals surface area contributed by atoms with Crippen LogP contribution in [0, 0.1) is 6.92 Å². The molecule has 0 atom stereocenters. The Morgan fingerprint density at radius 3 is 2.50 bits per heavy atom. The van der Waals surface area contributed by atoms with Gasteiger partial charge in [-0.25, -0.2) is 0 Å². The Morgan fingerprint density at radius 1 is 1.12 bits per heavy atom. The number of hydrogen-bond acceptors (Lipinski definition) is 4. The molecule has 1 aliphatic rings. The molecule has 3 heterocycles. The van der Waals surface area contributed by atoms with Crippen molar-refractivity contribution in [1.82, 2.24) is 19.6 Å². The van der Waals surface area contributed by atoms with Crippen LogP contribution in [0.2, 0.25) is 0 Å². The highest BCUT2D eigenvalue weighted by atomic mass is 16.2. The van der Waals surface area contributed by atoms with E-state index in [1.165, 1.54) is 5.01 Å². The highest BCUT2D eigenvalue weighted by molar-refractivity contribution is 6.37. The third-order valence-corrected chi connectivity index (χ3v) is 4.16. The van der Waals surface area contributed by atoms with Crippen LogP contribution in [0.1, 0.15) is 17.0 Å². The fraction of sp³-hybridized carbons (Fsp3) is 0.158. The molecule has 0 saturated carbocycles. The largest absolute Gasteiger partial charge is 0.281 e. The lowest BCUT2D eigenvalue weighted by Gasteiger charge is -2.10. The Kier molecular flexibility index (Phi) is 3.76. The van der Waals surface area contributed by atoms with Crippen molar-refractivity contribution in [2.24, 2.45) is 19.2 Å².